The number of nitrogens with zero attached hydrogens (tertiary/aromatic N) is 2. The van der Waals surface area contributed by atoms with Gasteiger partial charge in [0.1, 0.15) is 0 Å². The molecule has 2 heterocycles. The third-order valence-corrected chi connectivity index (χ3v) is 3.34. The molecule has 0 amide bonds. The van der Waals surface area contributed by atoms with Gasteiger partial charge in [0.25, 0.3) is 0 Å². The molecular weight excluding hydrogens is 298 g/mol. The number of pyridine rings is 1. The number of halogens is 1. The summed E-state index contributed by atoms with van der Waals surface area (Å²) in [5.74, 6) is 0. The number of rotatable bonds is 2. The highest BCUT2D eigenvalue weighted by Crippen LogP contribution is 2.24. The molecule has 0 spiro atoms. The van der Waals surface area contributed by atoms with Crippen LogP contribution in [0.25, 0.3) is 16.6 Å². The van der Waals surface area contributed by atoms with Crippen LogP contribution in [-0.2, 0) is 11.3 Å². The molecule has 0 saturated heterocycles. The Hall–Kier alpha value is -1.66. The fraction of sp³-hybridized carbons (Fsp3) is 0.167. The molecule has 0 unspecified atom stereocenters. The number of aromatic amines is 1. The van der Waals surface area contributed by atoms with Gasteiger partial charge in [-0.15, -0.1) is 0 Å². The van der Waals surface area contributed by atoms with Crippen LogP contribution in [0.2, 0.25) is 0 Å². The summed E-state index contributed by atoms with van der Waals surface area (Å²) in [7, 11) is 1.64. The number of nitrogens with one attached hydrogen (secondary N) is 1. The highest BCUT2D eigenvalue weighted by atomic mass is 79.9. The van der Waals surface area contributed by atoms with Crippen LogP contribution >= 0.6 is 15.9 Å². The minimum atomic E-state index is -0.239. The van der Waals surface area contributed by atoms with E-state index in [0.717, 1.165) is 20.9 Å². The number of fused-ring (bicyclic) bond motifs is 3. The number of hydrogen-bond acceptors (Lipinski definition) is 3. The first kappa shape index (κ1) is 11.4. The Morgan fingerprint density at radius 1 is 1.44 bits per heavy atom. The average Bonchev–Trinajstić information content (AvgIpc) is 2.71. The Balaban J connectivity index is 2.52. The molecule has 0 aliphatic carbocycles. The van der Waals surface area contributed by atoms with Crippen molar-refractivity contribution >= 4 is 32.5 Å². The third-order valence-electron chi connectivity index (χ3n) is 2.85. The molecule has 6 heteroatoms. The molecule has 18 heavy (non-hydrogen) atoms. The first-order valence-electron chi connectivity index (χ1n) is 5.38. The topological polar surface area (TPSA) is 59.4 Å². The highest BCUT2D eigenvalue weighted by molar-refractivity contribution is 9.10. The summed E-state index contributed by atoms with van der Waals surface area (Å²) in [6, 6.07) is 7.67. The van der Waals surface area contributed by atoms with E-state index in [1.165, 1.54) is 0 Å². The lowest BCUT2D eigenvalue weighted by Gasteiger charge is -2.07. The van der Waals surface area contributed by atoms with Gasteiger partial charge in [-0.3, -0.25) is 0 Å². The van der Waals surface area contributed by atoms with Crippen molar-refractivity contribution in [2.75, 3.05) is 7.11 Å². The summed E-state index contributed by atoms with van der Waals surface area (Å²) >= 11 is 3.42. The predicted octanol–water partition coefficient (Wildman–Crippen LogP) is 2.08. The molecule has 0 fully saturated rings. The molecule has 1 N–H and O–H groups in total. The Kier molecular flexibility index (Phi) is 2.68. The quantitative estimate of drug-likeness (QED) is 0.788. The number of benzene rings is 1. The molecule has 3 rings (SSSR count). The second-order valence-electron chi connectivity index (χ2n) is 3.99. The largest absolute Gasteiger partial charge is 0.380 e. The van der Waals surface area contributed by atoms with Crippen molar-refractivity contribution in [3.63, 3.8) is 0 Å². The van der Waals surface area contributed by atoms with Gasteiger partial charge in [-0.05, 0) is 23.8 Å². The molecule has 0 saturated carbocycles. The van der Waals surface area contributed by atoms with Crippen molar-refractivity contribution in [3.8, 4) is 0 Å². The maximum Gasteiger partial charge on any atom is 0.348 e. The van der Waals surface area contributed by atoms with Gasteiger partial charge in [-0.1, -0.05) is 22.0 Å². The van der Waals surface area contributed by atoms with Crippen molar-refractivity contribution in [2.24, 2.45) is 0 Å². The van der Waals surface area contributed by atoms with Crippen LogP contribution < -0.4 is 5.69 Å². The van der Waals surface area contributed by atoms with Crippen LogP contribution in [-0.4, -0.2) is 21.7 Å². The number of H-pyrrole nitrogens is 1. The Bertz CT molecular complexity index is 791. The van der Waals surface area contributed by atoms with Gasteiger partial charge in [0, 0.05) is 17.0 Å². The van der Waals surface area contributed by atoms with Crippen molar-refractivity contribution < 1.29 is 4.74 Å². The van der Waals surface area contributed by atoms with E-state index in [9.17, 15) is 4.79 Å². The summed E-state index contributed by atoms with van der Waals surface area (Å²) in [5, 5.41) is 7.44. The van der Waals surface area contributed by atoms with Crippen LogP contribution in [0.15, 0.2) is 33.5 Å². The second-order valence-corrected chi connectivity index (χ2v) is 4.90. The van der Waals surface area contributed by atoms with Gasteiger partial charge in [0.05, 0.1) is 12.1 Å². The first-order chi connectivity index (χ1) is 8.70. The molecule has 2 aromatic heterocycles. The van der Waals surface area contributed by atoms with E-state index >= 15 is 0 Å². The maximum absolute atomic E-state index is 11.8. The van der Waals surface area contributed by atoms with E-state index in [0.29, 0.717) is 12.3 Å². The van der Waals surface area contributed by atoms with E-state index in [1.807, 2.05) is 24.3 Å². The lowest BCUT2D eigenvalue weighted by atomic mass is 10.1. The Morgan fingerprint density at radius 3 is 3.06 bits per heavy atom. The van der Waals surface area contributed by atoms with E-state index in [1.54, 1.807) is 11.5 Å². The molecule has 0 aliphatic heterocycles. The van der Waals surface area contributed by atoms with Crippen molar-refractivity contribution in [1.82, 2.24) is 14.6 Å². The molecule has 0 radical (unpaired) electrons. The molecule has 1 aromatic carbocycles. The Labute approximate surface area is 111 Å². The molecule has 0 bridgehead atoms. The first-order valence-corrected chi connectivity index (χ1v) is 6.17. The van der Waals surface area contributed by atoms with Crippen LogP contribution in [0.3, 0.4) is 0 Å². The zero-order valence-electron chi connectivity index (χ0n) is 9.61. The zero-order valence-corrected chi connectivity index (χ0v) is 11.2. The standard InChI is InChI=1S/C12H10BrN3O2/c1-18-6-7-4-11-14-15-12(17)16(11)10-5-8(13)2-3-9(7)10/h2-5H,6H2,1H3,(H,15,17). The van der Waals surface area contributed by atoms with Crippen LogP contribution in [0.4, 0.5) is 0 Å². The van der Waals surface area contributed by atoms with E-state index in [4.69, 9.17) is 4.74 Å². The predicted molar refractivity (Wildman–Crippen MR) is 71.7 cm³/mol. The van der Waals surface area contributed by atoms with Gasteiger partial charge in [0.2, 0.25) is 0 Å². The normalized spacial score (nSPS) is 11.4. The maximum atomic E-state index is 11.8. The SMILES string of the molecule is COCc1cc2n[nH]c(=O)n2c2cc(Br)ccc12. The van der Waals surface area contributed by atoms with Crippen molar-refractivity contribution in [1.29, 1.82) is 0 Å². The lowest BCUT2D eigenvalue weighted by molar-refractivity contribution is 0.186. The van der Waals surface area contributed by atoms with Gasteiger partial charge < -0.3 is 4.74 Å². The fourth-order valence-corrected chi connectivity index (χ4v) is 2.46. The minimum Gasteiger partial charge on any atom is -0.380 e. The summed E-state index contributed by atoms with van der Waals surface area (Å²) < 4.78 is 7.66. The third kappa shape index (κ3) is 1.65. The number of hydrogen-bond donors (Lipinski definition) is 1. The monoisotopic (exact) mass is 307 g/mol. The van der Waals surface area contributed by atoms with Crippen LogP contribution in [0.1, 0.15) is 5.56 Å². The van der Waals surface area contributed by atoms with Crippen molar-refractivity contribution in [2.45, 2.75) is 6.61 Å². The summed E-state index contributed by atoms with van der Waals surface area (Å²) in [6.45, 7) is 0.482. The second kappa shape index (κ2) is 4.22. The van der Waals surface area contributed by atoms with Crippen LogP contribution in [0.5, 0.6) is 0 Å². The zero-order chi connectivity index (χ0) is 12.7. The van der Waals surface area contributed by atoms with Gasteiger partial charge >= 0.3 is 5.69 Å². The van der Waals surface area contributed by atoms with Crippen LogP contribution in [0, 0.1) is 0 Å². The molecule has 92 valence electrons. The van der Waals surface area contributed by atoms with Gasteiger partial charge in [-0.25, -0.2) is 14.3 Å². The molecular formula is C12H10BrN3O2. The van der Waals surface area contributed by atoms with Crippen molar-refractivity contribution in [3.05, 3.63) is 44.8 Å². The lowest BCUT2D eigenvalue weighted by Crippen LogP contribution is -2.10. The summed E-state index contributed by atoms with van der Waals surface area (Å²) in [6.07, 6.45) is 0. The Morgan fingerprint density at radius 2 is 2.28 bits per heavy atom. The molecule has 0 atom stereocenters. The van der Waals surface area contributed by atoms with Gasteiger partial charge in [-0.2, -0.15) is 5.10 Å². The smallest absolute Gasteiger partial charge is 0.348 e. The fourth-order valence-electron chi connectivity index (χ4n) is 2.11. The molecule has 5 nitrogen and oxygen atoms in total. The van der Waals surface area contributed by atoms with E-state index in [-0.39, 0.29) is 5.69 Å². The van der Waals surface area contributed by atoms with E-state index < -0.39 is 0 Å². The highest BCUT2D eigenvalue weighted by Gasteiger charge is 2.10. The average molecular weight is 308 g/mol. The molecule has 3 aromatic rings. The number of methoxy groups -OCH3 is 1. The number of aromatic nitrogens is 3. The number of ether oxygens (including phenoxy) is 1. The molecule has 0 aliphatic rings. The minimum absolute atomic E-state index is 0.239. The van der Waals surface area contributed by atoms with Gasteiger partial charge in [0.15, 0.2) is 5.65 Å². The summed E-state index contributed by atoms with van der Waals surface area (Å²) in [4.78, 5) is 11.8. The summed E-state index contributed by atoms with van der Waals surface area (Å²) in [5.41, 5.74) is 2.17. The van der Waals surface area contributed by atoms with E-state index in [2.05, 4.69) is 26.1 Å².